The zero-order chi connectivity index (χ0) is 10.8. The molecule has 0 spiro atoms. The standard InChI is InChI=1S/C9H18N2S3/c1-12-7-8(10,13-2)5-4-6-9(7,11)14-3/h4-5,7H,6,10-11H2,1-3H3. The van der Waals surface area contributed by atoms with Gasteiger partial charge >= 0.3 is 0 Å². The number of thioether (sulfide) groups is 3. The Morgan fingerprint density at radius 1 is 1.21 bits per heavy atom. The van der Waals surface area contributed by atoms with Crippen molar-refractivity contribution in [3.8, 4) is 0 Å². The topological polar surface area (TPSA) is 52.0 Å². The largest absolute Gasteiger partial charge is 0.316 e. The highest BCUT2D eigenvalue weighted by Crippen LogP contribution is 2.45. The van der Waals surface area contributed by atoms with Gasteiger partial charge in [0.2, 0.25) is 0 Å². The molecular formula is C9H18N2S3. The number of nitrogens with two attached hydrogens (primary N) is 2. The van der Waals surface area contributed by atoms with Crippen LogP contribution in [0.2, 0.25) is 0 Å². The maximum absolute atomic E-state index is 6.36. The zero-order valence-corrected chi connectivity index (χ0v) is 11.3. The first-order chi connectivity index (χ1) is 6.52. The van der Waals surface area contributed by atoms with Crippen LogP contribution in [-0.2, 0) is 0 Å². The summed E-state index contributed by atoms with van der Waals surface area (Å²) in [7, 11) is 0. The van der Waals surface area contributed by atoms with Gasteiger partial charge in [-0.3, -0.25) is 0 Å². The molecule has 0 saturated heterocycles. The summed E-state index contributed by atoms with van der Waals surface area (Å²) in [5.74, 6) is 0. The van der Waals surface area contributed by atoms with Crippen molar-refractivity contribution in [3.63, 3.8) is 0 Å². The van der Waals surface area contributed by atoms with Crippen molar-refractivity contribution >= 4 is 35.3 Å². The molecule has 4 N–H and O–H groups in total. The van der Waals surface area contributed by atoms with Crippen molar-refractivity contribution in [3.05, 3.63) is 12.2 Å². The van der Waals surface area contributed by atoms with Crippen molar-refractivity contribution in [1.82, 2.24) is 0 Å². The number of hydrogen-bond acceptors (Lipinski definition) is 5. The summed E-state index contributed by atoms with van der Waals surface area (Å²) in [6, 6.07) is 0. The molecule has 1 rings (SSSR count). The summed E-state index contributed by atoms with van der Waals surface area (Å²) >= 11 is 5.15. The molecule has 0 aromatic rings. The third-order valence-electron chi connectivity index (χ3n) is 2.64. The highest BCUT2D eigenvalue weighted by Gasteiger charge is 2.47. The van der Waals surface area contributed by atoms with E-state index in [-0.39, 0.29) is 15.0 Å². The lowest BCUT2D eigenvalue weighted by Gasteiger charge is -2.46. The molecule has 5 heteroatoms. The predicted octanol–water partition coefficient (Wildman–Crippen LogP) is 1.71. The first kappa shape index (κ1) is 12.8. The maximum atomic E-state index is 6.36. The molecule has 14 heavy (non-hydrogen) atoms. The summed E-state index contributed by atoms with van der Waals surface area (Å²) in [5.41, 5.74) is 12.7. The fourth-order valence-electron chi connectivity index (χ4n) is 1.75. The van der Waals surface area contributed by atoms with E-state index in [4.69, 9.17) is 11.5 Å². The van der Waals surface area contributed by atoms with Gasteiger partial charge in [-0.25, -0.2) is 0 Å². The Kier molecular flexibility index (Phi) is 4.29. The van der Waals surface area contributed by atoms with Gasteiger partial charge in [0, 0.05) is 0 Å². The predicted molar refractivity (Wildman–Crippen MR) is 71.9 cm³/mol. The summed E-state index contributed by atoms with van der Waals surface area (Å²) in [5, 5.41) is 0.255. The smallest absolute Gasteiger partial charge is 0.0950 e. The van der Waals surface area contributed by atoms with E-state index in [1.54, 1.807) is 35.3 Å². The van der Waals surface area contributed by atoms with Crippen LogP contribution >= 0.6 is 35.3 Å². The van der Waals surface area contributed by atoms with Gasteiger partial charge in [0.25, 0.3) is 0 Å². The Hall–Kier alpha value is 0.710. The molecule has 2 nitrogen and oxygen atoms in total. The fourth-order valence-corrected chi connectivity index (χ4v) is 5.25. The number of hydrogen-bond donors (Lipinski definition) is 2. The molecule has 0 aromatic carbocycles. The van der Waals surface area contributed by atoms with Gasteiger partial charge in [0.05, 0.1) is 15.0 Å². The van der Waals surface area contributed by atoms with Crippen LogP contribution < -0.4 is 11.5 Å². The van der Waals surface area contributed by atoms with Gasteiger partial charge in [-0.2, -0.15) is 11.8 Å². The van der Waals surface area contributed by atoms with Crippen molar-refractivity contribution in [2.45, 2.75) is 21.4 Å². The minimum absolute atomic E-state index is 0.230. The van der Waals surface area contributed by atoms with E-state index in [2.05, 4.69) is 24.7 Å². The molecule has 1 aliphatic rings. The van der Waals surface area contributed by atoms with Crippen LogP contribution in [0.15, 0.2) is 12.2 Å². The van der Waals surface area contributed by atoms with Crippen LogP contribution in [0.25, 0.3) is 0 Å². The molecule has 0 aliphatic heterocycles. The van der Waals surface area contributed by atoms with Crippen LogP contribution in [0.1, 0.15) is 6.42 Å². The normalized spacial score (nSPS) is 42.8. The van der Waals surface area contributed by atoms with E-state index < -0.39 is 0 Å². The van der Waals surface area contributed by atoms with Crippen molar-refractivity contribution < 1.29 is 0 Å². The van der Waals surface area contributed by atoms with Crippen LogP contribution in [0, 0.1) is 0 Å². The van der Waals surface area contributed by atoms with Crippen molar-refractivity contribution in [2.24, 2.45) is 11.5 Å². The van der Waals surface area contributed by atoms with Gasteiger partial charge in [-0.05, 0) is 25.2 Å². The van der Waals surface area contributed by atoms with Gasteiger partial charge < -0.3 is 11.5 Å². The minimum atomic E-state index is -0.324. The first-order valence-electron chi connectivity index (χ1n) is 4.41. The molecule has 0 fully saturated rings. The summed E-state index contributed by atoms with van der Waals surface area (Å²) in [6.07, 6.45) is 11.3. The molecule has 0 amide bonds. The monoisotopic (exact) mass is 250 g/mol. The molecule has 3 atom stereocenters. The van der Waals surface area contributed by atoms with Crippen LogP contribution in [0.5, 0.6) is 0 Å². The second-order valence-electron chi connectivity index (χ2n) is 3.44. The van der Waals surface area contributed by atoms with Gasteiger partial charge in [0.15, 0.2) is 0 Å². The number of rotatable bonds is 3. The molecule has 0 heterocycles. The van der Waals surface area contributed by atoms with E-state index >= 15 is 0 Å². The molecule has 0 bridgehead atoms. The average Bonchev–Trinajstić information content (AvgIpc) is 2.18. The van der Waals surface area contributed by atoms with E-state index in [1.807, 2.05) is 6.26 Å². The quantitative estimate of drug-likeness (QED) is 0.590. The first-order valence-corrected chi connectivity index (χ1v) is 8.14. The molecule has 0 radical (unpaired) electrons. The summed E-state index contributed by atoms with van der Waals surface area (Å²) < 4.78 is 0. The molecule has 1 aliphatic carbocycles. The Morgan fingerprint density at radius 2 is 1.86 bits per heavy atom. The molecular weight excluding hydrogens is 232 g/mol. The van der Waals surface area contributed by atoms with Gasteiger partial charge in [-0.1, -0.05) is 12.2 Å². The Labute approximate surface area is 99.0 Å². The third kappa shape index (κ3) is 2.11. The molecule has 3 unspecified atom stereocenters. The molecule has 0 saturated carbocycles. The van der Waals surface area contributed by atoms with Crippen molar-refractivity contribution in [2.75, 3.05) is 18.8 Å². The minimum Gasteiger partial charge on any atom is -0.316 e. The van der Waals surface area contributed by atoms with E-state index in [1.165, 1.54) is 0 Å². The van der Waals surface area contributed by atoms with Crippen molar-refractivity contribution in [1.29, 1.82) is 0 Å². The highest BCUT2D eigenvalue weighted by atomic mass is 32.2. The summed E-state index contributed by atoms with van der Waals surface area (Å²) in [6.45, 7) is 0. The van der Waals surface area contributed by atoms with Gasteiger partial charge in [0.1, 0.15) is 0 Å². The average molecular weight is 250 g/mol. The lowest BCUT2D eigenvalue weighted by molar-refractivity contribution is 0.505. The Morgan fingerprint density at radius 3 is 2.29 bits per heavy atom. The maximum Gasteiger partial charge on any atom is 0.0950 e. The van der Waals surface area contributed by atoms with Crippen LogP contribution in [-0.4, -0.2) is 33.8 Å². The van der Waals surface area contributed by atoms with E-state index in [0.717, 1.165) is 6.42 Å². The lowest BCUT2D eigenvalue weighted by atomic mass is 9.96. The zero-order valence-electron chi connectivity index (χ0n) is 8.82. The Balaban J connectivity index is 3.01. The third-order valence-corrected chi connectivity index (χ3v) is 6.46. The lowest BCUT2D eigenvalue weighted by Crippen LogP contribution is -2.61. The molecule has 0 aromatic heterocycles. The van der Waals surface area contributed by atoms with E-state index in [0.29, 0.717) is 0 Å². The van der Waals surface area contributed by atoms with Crippen LogP contribution in [0.3, 0.4) is 0 Å². The van der Waals surface area contributed by atoms with Crippen LogP contribution in [0.4, 0.5) is 0 Å². The SMILES string of the molecule is CSC1C(N)(SC)C=CCC1(N)SC. The highest BCUT2D eigenvalue weighted by molar-refractivity contribution is 8.05. The summed E-state index contributed by atoms with van der Waals surface area (Å²) in [4.78, 5) is -0.554. The fraction of sp³-hybridized carbons (Fsp3) is 0.778. The van der Waals surface area contributed by atoms with E-state index in [9.17, 15) is 0 Å². The van der Waals surface area contributed by atoms with Gasteiger partial charge in [-0.15, -0.1) is 23.5 Å². The second-order valence-corrected chi connectivity index (χ2v) is 6.67. The Bertz CT molecular complexity index is 234. The second kappa shape index (κ2) is 4.70. The molecule has 82 valence electrons.